The zero-order valence-electron chi connectivity index (χ0n) is 11.8. The van der Waals surface area contributed by atoms with E-state index >= 15 is 0 Å². The molecule has 4 heteroatoms. The molecule has 0 aromatic heterocycles. The molecule has 19 heavy (non-hydrogen) atoms. The summed E-state index contributed by atoms with van der Waals surface area (Å²) in [7, 11) is 0. The molecule has 0 fully saturated rings. The number of hydrogen-bond acceptors (Lipinski definition) is 4. The number of rotatable bonds is 7. The van der Waals surface area contributed by atoms with Crippen LogP contribution in [-0.4, -0.2) is 23.8 Å². The molecule has 0 heterocycles. The van der Waals surface area contributed by atoms with Gasteiger partial charge in [-0.1, -0.05) is 26.3 Å². The number of esters is 1. The zero-order valence-corrected chi connectivity index (χ0v) is 11.8. The van der Waals surface area contributed by atoms with Gasteiger partial charge in [0.25, 0.3) is 0 Å². The Balaban J connectivity index is 2.90. The second-order valence-corrected chi connectivity index (χ2v) is 4.27. The average molecular weight is 266 g/mol. The highest BCUT2D eigenvalue weighted by Crippen LogP contribution is 2.30. The Kier molecular flexibility index (Phi) is 6.19. The fourth-order valence-corrected chi connectivity index (χ4v) is 1.85. The Labute approximate surface area is 114 Å². The van der Waals surface area contributed by atoms with Crippen LogP contribution < -0.4 is 4.74 Å². The molecule has 1 aromatic rings. The van der Waals surface area contributed by atoms with Gasteiger partial charge >= 0.3 is 5.97 Å². The highest BCUT2D eigenvalue weighted by molar-refractivity contribution is 5.75. The van der Waals surface area contributed by atoms with Crippen molar-refractivity contribution in [3.05, 3.63) is 23.8 Å². The fraction of sp³-hybridized carbons (Fsp3) is 0.533. The first-order valence-corrected chi connectivity index (χ1v) is 6.78. The molecule has 0 radical (unpaired) electrons. The second-order valence-electron chi connectivity index (χ2n) is 4.27. The van der Waals surface area contributed by atoms with Crippen LogP contribution in [0.4, 0.5) is 0 Å². The minimum atomic E-state index is -0.627. The molecule has 1 aromatic carbocycles. The number of aromatic hydroxyl groups is 1. The monoisotopic (exact) mass is 266 g/mol. The number of ether oxygens (including phenoxy) is 2. The van der Waals surface area contributed by atoms with Gasteiger partial charge in [-0.25, -0.2) is 4.79 Å². The zero-order chi connectivity index (χ0) is 14.3. The predicted molar refractivity (Wildman–Crippen MR) is 73.4 cm³/mol. The van der Waals surface area contributed by atoms with Gasteiger partial charge < -0.3 is 14.6 Å². The van der Waals surface area contributed by atoms with Crippen LogP contribution in [0.5, 0.6) is 11.5 Å². The normalized spacial score (nSPS) is 11.9. The Morgan fingerprint density at radius 1 is 1.32 bits per heavy atom. The van der Waals surface area contributed by atoms with E-state index in [1.807, 2.05) is 13.8 Å². The SMILES string of the molecule is CCCc1c(O)cccc1OC(CC)C(=O)OCC. The molecular weight excluding hydrogens is 244 g/mol. The Hall–Kier alpha value is -1.71. The Morgan fingerprint density at radius 2 is 2.05 bits per heavy atom. The molecule has 1 N–H and O–H groups in total. The fourth-order valence-electron chi connectivity index (χ4n) is 1.85. The van der Waals surface area contributed by atoms with Crippen molar-refractivity contribution in [2.24, 2.45) is 0 Å². The van der Waals surface area contributed by atoms with Gasteiger partial charge in [-0.3, -0.25) is 0 Å². The van der Waals surface area contributed by atoms with E-state index in [4.69, 9.17) is 9.47 Å². The summed E-state index contributed by atoms with van der Waals surface area (Å²) >= 11 is 0. The van der Waals surface area contributed by atoms with Gasteiger partial charge in [0.1, 0.15) is 11.5 Å². The van der Waals surface area contributed by atoms with E-state index in [2.05, 4.69) is 0 Å². The smallest absolute Gasteiger partial charge is 0.347 e. The van der Waals surface area contributed by atoms with Crippen LogP contribution in [0.15, 0.2) is 18.2 Å². The van der Waals surface area contributed by atoms with Crippen LogP contribution in [0.3, 0.4) is 0 Å². The maximum absolute atomic E-state index is 11.7. The molecule has 1 unspecified atom stereocenters. The molecule has 0 amide bonds. The molecule has 0 aliphatic carbocycles. The second kappa shape index (κ2) is 7.67. The summed E-state index contributed by atoms with van der Waals surface area (Å²) in [6.07, 6.45) is 1.50. The molecule has 0 bridgehead atoms. The van der Waals surface area contributed by atoms with E-state index < -0.39 is 6.10 Å². The molecule has 0 saturated carbocycles. The summed E-state index contributed by atoms with van der Waals surface area (Å²) in [6, 6.07) is 5.11. The lowest BCUT2D eigenvalue weighted by molar-refractivity contribution is -0.151. The topological polar surface area (TPSA) is 55.8 Å². The maximum atomic E-state index is 11.7. The van der Waals surface area contributed by atoms with Crippen molar-refractivity contribution >= 4 is 5.97 Å². The third-order valence-electron chi connectivity index (χ3n) is 2.80. The van der Waals surface area contributed by atoms with Crippen LogP contribution in [0.25, 0.3) is 0 Å². The van der Waals surface area contributed by atoms with Crippen LogP contribution in [0.1, 0.15) is 39.2 Å². The number of hydrogen-bond donors (Lipinski definition) is 1. The first kappa shape index (κ1) is 15.3. The Morgan fingerprint density at radius 3 is 2.63 bits per heavy atom. The molecule has 1 atom stereocenters. The van der Waals surface area contributed by atoms with Crippen molar-refractivity contribution in [1.82, 2.24) is 0 Å². The van der Waals surface area contributed by atoms with Gasteiger partial charge in [0, 0.05) is 5.56 Å². The predicted octanol–water partition coefficient (Wildman–Crippen LogP) is 3.07. The van der Waals surface area contributed by atoms with E-state index in [0.717, 1.165) is 12.0 Å². The first-order chi connectivity index (χ1) is 9.13. The van der Waals surface area contributed by atoms with Gasteiger partial charge in [0.15, 0.2) is 6.10 Å². The van der Waals surface area contributed by atoms with Crippen LogP contribution in [-0.2, 0) is 16.0 Å². The summed E-state index contributed by atoms with van der Waals surface area (Å²) in [5, 5.41) is 9.85. The highest BCUT2D eigenvalue weighted by Gasteiger charge is 2.21. The Bertz CT molecular complexity index is 415. The summed E-state index contributed by atoms with van der Waals surface area (Å²) in [6.45, 7) is 5.99. The van der Waals surface area contributed by atoms with Gasteiger partial charge in [-0.05, 0) is 31.9 Å². The molecule has 4 nitrogen and oxygen atoms in total. The van der Waals surface area contributed by atoms with Crippen molar-refractivity contribution in [3.8, 4) is 11.5 Å². The largest absolute Gasteiger partial charge is 0.508 e. The minimum absolute atomic E-state index is 0.207. The van der Waals surface area contributed by atoms with Gasteiger partial charge in [0.2, 0.25) is 0 Å². The van der Waals surface area contributed by atoms with Crippen molar-refractivity contribution < 1.29 is 19.4 Å². The third kappa shape index (κ3) is 4.16. The molecule has 106 valence electrons. The molecule has 0 aliphatic heterocycles. The summed E-state index contributed by atoms with van der Waals surface area (Å²) in [5.41, 5.74) is 0.743. The van der Waals surface area contributed by atoms with Crippen molar-refractivity contribution in [3.63, 3.8) is 0 Å². The molecule has 1 rings (SSSR count). The van der Waals surface area contributed by atoms with E-state index in [1.54, 1.807) is 25.1 Å². The number of carbonyl (C=O) groups excluding carboxylic acids is 1. The van der Waals surface area contributed by atoms with Crippen molar-refractivity contribution in [2.45, 2.75) is 46.1 Å². The molecule has 0 saturated heterocycles. The lowest BCUT2D eigenvalue weighted by Gasteiger charge is -2.18. The highest BCUT2D eigenvalue weighted by atomic mass is 16.6. The summed E-state index contributed by atoms with van der Waals surface area (Å²) < 4.78 is 10.7. The van der Waals surface area contributed by atoms with Crippen LogP contribution in [0.2, 0.25) is 0 Å². The van der Waals surface area contributed by atoms with E-state index in [1.165, 1.54) is 0 Å². The average Bonchev–Trinajstić information content (AvgIpc) is 2.39. The molecule has 0 spiro atoms. The standard InChI is InChI=1S/C15H22O4/c1-4-8-11-12(16)9-7-10-14(11)19-13(5-2)15(17)18-6-3/h7,9-10,13,16H,4-6,8H2,1-3H3. The van der Waals surface area contributed by atoms with Gasteiger partial charge in [-0.2, -0.15) is 0 Å². The number of phenolic OH excluding ortho intramolecular Hbond substituents is 1. The summed E-state index contributed by atoms with van der Waals surface area (Å²) in [5.74, 6) is 0.399. The lowest BCUT2D eigenvalue weighted by atomic mass is 10.1. The van der Waals surface area contributed by atoms with Crippen LogP contribution in [0, 0.1) is 0 Å². The number of benzene rings is 1. The van der Waals surface area contributed by atoms with Crippen molar-refractivity contribution in [2.75, 3.05) is 6.61 Å². The van der Waals surface area contributed by atoms with E-state index in [0.29, 0.717) is 25.2 Å². The first-order valence-electron chi connectivity index (χ1n) is 6.78. The molecule has 0 aliphatic rings. The minimum Gasteiger partial charge on any atom is -0.508 e. The maximum Gasteiger partial charge on any atom is 0.347 e. The molecular formula is C15H22O4. The summed E-state index contributed by atoms with van der Waals surface area (Å²) in [4.78, 5) is 11.7. The lowest BCUT2D eigenvalue weighted by Crippen LogP contribution is -2.29. The van der Waals surface area contributed by atoms with Crippen molar-refractivity contribution in [1.29, 1.82) is 0 Å². The van der Waals surface area contributed by atoms with E-state index in [9.17, 15) is 9.90 Å². The van der Waals surface area contributed by atoms with Gasteiger partial charge in [-0.15, -0.1) is 0 Å². The third-order valence-corrected chi connectivity index (χ3v) is 2.80. The van der Waals surface area contributed by atoms with E-state index in [-0.39, 0.29) is 11.7 Å². The van der Waals surface area contributed by atoms with Crippen LogP contribution >= 0.6 is 0 Å². The van der Waals surface area contributed by atoms with Gasteiger partial charge in [0.05, 0.1) is 6.61 Å². The number of phenols is 1. The quantitative estimate of drug-likeness (QED) is 0.771. The number of carbonyl (C=O) groups is 1.